The summed E-state index contributed by atoms with van der Waals surface area (Å²) in [6, 6.07) is 3.45. The van der Waals surface area contributed by atoms with E-state index in [1.54, 1.807) is 11.0 Å². The number of non-ortho nitro benzene ring substituents is 1. The summed E-state index contributed by atoms with van der Waals surface area (Å²) < 4.78 is 0. The maximum atomic E-state index is 12.5. The van der Waals surface area contributed by atoms with E-state index >= 15 is 0 Å². The summed E-state index contributed by atoms with van der Waals surface area (Å²) >= 11 is 0. The van der Waals surface area contributed by atoms with Gasteiger partial charge in [-0.3, -0.25) is 34.3 Å². The largest absolute Gasteiger partial charge is 0.367 e. The highest BCUT2D eigenvalue weighted by atomic mass is 16.6. The van der Waals surface area contributed by atoms with Crippen molar-refractivity contribution in [1.82, 2.24) is 14.7 Å². The first kappa shape index (κ1) is 21.0. The highest BCUT2D eigenvalue weighted by Gasteiger charge is 2.38. The number of hydrogen-bond acceptors (Lipinski definition) is 7. The minimum atomic E-state index is -0.776. The molecule has 2 saturated heterocycles. The first-order valence-corrected chi connectivity index (χ1v) is 9.22. The van der Waals surface area contributed by atoms with Crippen molar-refractivity contribution in [2.45, 2.75) is 6.92 Å². The van der Waals surface area contributed by atoms with Gasteiger partial charge in [0.05, 0.1) is 4.92 Å². The fourth-order valence-corrected chi connectivity index (χ4v) is 3.45. The molecule has 2 heterocycles. The molecule has 0 unspecified atom stereocenters. The number of hydrogen-bond donors (Lipinski definition) is 0. The lowest BCUT2D eigenvalue weighted by Gasteiger charge is -2.36. The Labute approximate surface area is 172 Å². The van der Waals surface area contributed by atoms with Crippen LogP contribution >= 0.6 is 0 Å². The maximum Gasteiger partial charge on any atom is 0.333 e. The molecule has 158 valence electrons. The Bertz CT molecular complexity index is 954. The van der Waals surface area contributed by atoms with Crippen molar-refractivity contribution in [3.8, 4) is 0 Å². The van der Waals surface area contributed by atoms with Crippen LogP contribution in [-0.2, 0) is 14.4 Å². The van der Waals surface area contributed by atoms with Gasteiger partial charge in [-0.25, -0.2) is 4.79 Å². The van der Waals surface area contributed by atoms with E-state index < -0.39 is 22.8 Å². The van der Waals surface area contributed by atoms with Gasteiger partial charge >= 0.3 is 6.03 Å². The molecule has 2 fully saturated rings. The third-order valence-electron chi connectivity index (χ3n) is 5.23. The number of carbonyl (C=O) groups excluding carboxylic acids is 4. The molecule has 5 amide bonds. The van der Waals surface area contributed by atoms with Gasteiger partial charge in [0, 0.05) is 70.6 Å². The predicted octanol–water partition coefficient (Wildman–Crippen LogP) is 0.697. The Kier molecular flexibility index (Phi) is 5.54. The number of nitrogens with zero attached hydrogens (tertiary/aromatic N) is 5. The second-order valence-electron chi connectivity index (χ2n) is 7.06. The topological polar surface area (TPSA) is 124 Å². The molecule has 1 aromatic carbocycles. The van der Waals surface area contributed by atoms with Crippen LogP contribution in [-0.4, -0.2) is 83.7 Å². The molecule has 2 aliphatic heterocycles. The molecule has 30 heavy (non-hydrogen) atoms. The van der Waals surface area contributed by atoms with Crippen LogP contribution in [0.2, 0.25) is 0 Å². The second-order valence-corrected chi connectivity index (χ2v) is 7.06. The maximum absolute atomic E-state index is 12.5. The molecule has 0 atom stereocenters. The molecular formula is C19H21N5O6. The summed E-state index contributed by atoms with van der Waals surface area (Å²) in [7, 11) is 2.52. The number of carbonyl (C=O) groups is 4. The van der Waals surface area contributed by atoms with Gasteiger partial charge in [0.25, 0.3) is 17.5 Å². The minimum Gasteiger partial charge on any atom is -0.367 e. The molecule has 0 aromatic heterocycles. The zero-order valence-electron chi connectivity index (χ0n) is 16.8. The summed E-state index contributed by atoms with van der Waals surface area (Å²) in [5.41, 5.74) is 0.456. The van der Waals surface area contributed by atoms with Gasteiger partial charge in [-0.05, 0) is 12.1 Å². The Balaban J connectivity index is 2.03. The van der Waals surface area contributed by atoms with E-state index in [0.29, 0.717) is 37.4 Å². The van der Waals surface area contributed by atoms with Crippen molar-refractivity contribution in [2.24, 2.45) is 0 Å². The summed E-state index contributed by atoms with van der Waals surface area (Å²) in [6.07, 6.45) is 1.28. The Morgan fingerprint density at radius 2 is 1.60 bits per heavy atom. The minimum absolute atomic E-state index is 0.0326. The summed E-state index contributed by atoms with van der Waals surface area (Å²) in [6.45, 7) is 3.45. The van der Waals surface area contributed by atoms with E-state index in [4.69, 9.17) is 0 Å². The smallest absolute Gasteiger partial charge is 0.333 e. The molecule has 0 bridgehead atoms. The first-order valence-electron chi connectivity index (χ1n) is 9.22. The van der Waals surface area contributed by atoms with Crippen LogP contribution in [0.4, 0.5) is 16.2 Å². The number of anilines is 1. The van der Waals surface area contributed by atoms with Gasteiger partial charge in [0.15, 0.2) is 0 Å². The van der Waals surface area contributed by atoms with Crippen LogP contribution in [0.15, 0.2) is 23.8 Å². The molecule has 0 spiro atoms. The van der Waals surface area contributed by atoms with E-state index in [-0.39, 0.29) is 17.2 Å². The molecule has 0 aliphatic carbocycles. The summed E-state index contributed by atoms with van der Waals surface area (Å²) in [4.78, 5) is 64.5. The first-order chi connectivity index (χ1) is 14.1. The number of barbiturate groups is 1. The third kappa shape index (κ3) is 3.73. The van der Waals surface area contributed by atoms with E-state index in [1.165, 1.54) is 39.2 Å². The zero-order chi connectivity index (χ0) is 22.2. The van der Waals surface area contributed by atoms with Crippen LogP contribution < -0.4 is 4.90 Å². The number of likely N-dealkylation sites (N-methyl/N-ethyl adjacent to an activating group) is 2. The molecule has 2 aliphatic rings. The third-order valence-corrected chi connectivity index (χ3v) is 5.23. The normalized spacial score (nSPS) is 17.6. The SMILES string of the molecule is CC(=O)N1CCN(c2ccc([N+](=O)[O-])cc2C=C2C(=O)N(C)C(=O)N(C)C2=O)CC1. The van der Waals surface area contributed by atoms with Gasteiger partial charge in [0.1, 0.15) is 5.57 Å². The average Bonchev–Trinajstić information content (AvgIpc) is 2.73. The lowest BCUT2D eigenvalue weighted by Crippen LogP contribution is -2.53. The molecule has 11 heteroatoms. The number of piperazine rings is 1. The quantitative estimate of drug-likeness (QED) is 0.308. The second kappa shape index (κ2) is 7.93. The van der Waals surface area contributed by atoms with Crippen LogP contribution in [0, 0.1) is 10.1 Å². The molecular weight excluding hydrogens is 394 g/mol. The highest BCUT2D eigenvalue weighted by Crippen LogP contribution is 2.30. The molecule has 3 rings (SSSR count). The fourth-order valence-electron chi connectivity index (χ4n) is 3.45. The predicted molar refractivity (Wildman–Crippen MR) is 106 cm³/mol. The molecule has 0 N–H and O–H groups in total. The van der Waals surface area contributed by atoms with Crippen molar-refractivity contribution >= 4 is 41.2 Å². The standard InChI is InChI=1S/C19H21N5O6/c1-12(25)22-6-8-23(9-7-22)16-5-4-14(24(29)30)10-13(16)11-15-17(26)20(2)19(28)21(3)18(15)27/h4-5,10-11H,6-9H2,1-3H3. The number of nitro benzene ring substituents is 1. The van der Waals surface area contributed by atoms with Gasteiger partial charge in [0.2, 0.25) is 5.91 Å². The van der Waals surface area contributed by atoms with Gasteiger partial charge < -0.3 is 9.80 Å². The van der Waals surface area contributed by atoms with Gasteiger partial charge in [-0.15, -0.1) is 0 Å². The Hall–Kier alpha value is -3.76. The average molecular weight is 415 g/mol. The molecule has 0 radical (unpaired) electrons. The number of urea groups is 1. The van der Waals surface area contributed by atoms with Crippen LogP contribution in [0.5, 0.6) is 0 Å². The van der Waals surface area contributed by atoms with E-state index in [9.17, 15) is 29.3 Å². The van der Waals surface area contributed by atoms with Crippen LogP contribution in [0.1, 0.15) is 12.5 Å². The highest BCUT2D eigenvalue weighted by molar-refractivity contribution is 6.30. The van der Waals surface area contributed by atoms with Crippen molar-refractivity contribution < 1.29 is 24.1 Å². The van der Waals surface area contributed by atoms with E-state index in [0.717, 1.165) is 9.80 Å². The molecule has 0 saturated carbocycles. The number of imide groups is 2. The van der Waals surface area contributed by atoms with Crippen molar-refractivity contribution in [3.05, 3.63) is 39.4 Å². The van der Waals surface area contributed by atoms with Gasteiger partial charge in [-0.2, -0.15) is 0 Å². The number of nitro groups is 1. The van der Waals surface area contributed by atoms with Crippen molar-refractivity contribution in [1.29, 1.82) is 0 Å². The fraction of sp³-hybridized carbons (Fsp3) is 0.368. The lowest BCUT2D eigenvalue weighted by atomic mass is 10.0. The number of amides is 5. The summed E-state index contributed by atoms with van der Waals surface area (Å²) in [5, 5.41) is 11.3. The van der Waals surface area contributed by atoms with E-state index in [1.807, 2.05) is 4.90 Å². The van der Waals surface area contributed by atoms with Crippen LogP contribution in [0.3, 0.4) is 0 Å². The molecule has 11 nitrogen and oxygen atoms in total. The Morgan fingerprint density at radius 3 is 2.10 bits per heavy atom. The monoisotopic (exact) mass is 415 g/mol. The molecule has 1 aromatic rings. The van der Waals surface area contributed by atoms with Crippen molar-refractivity contribution in [2.75, 3.05) is 45.2 Å². The lowest BCUT2D eigenvalue weighted by molar-refractivity contribution is -0.384. The Morgan fingerprint density at radius 1 is 1.03 bits per heavy atom. The number of rotatable bonds is 3. The zero-order valence-corrected chi connectivity index (χ0v) is 16.8. The van der Waals surface area contributed by atoms with Crippen LogP contribution in [0.25, 0.3) is 6.08 Å². The summed E-state index contributed by atoms with van der Waals surface area (Å²) in [5.74, 6) is -1.58. The number of benzene rings is 1. The van der Waals surface area contributed by atoms with E-state index in [2.05, 4.69) is 0 Å². The van der Waals surface area contributed by atoms with Crippen molar-refractivity contribution in [3.63, 3.8) is 0 Å². The van der Waals surface area contributed by atoms with Gasteiger partial charge in [-0.1, -0.05) is 0 Å².